The summed E-state index contributed by atoms with van der Waals surface area (Å²) < 4.78 is 0. The number of nitrogens with one attached hydrogen (secondary N) is 1. The predicted octanol–water partition coefficient (Wildman–Crippen LogP) is 2.60. The molecule has 1 unspecified atom stereocenters. The first kappa shape index (κ1) is 14.1. The normalized spacial score (nSPS) is 19.2. The van der Waals surface area contributed by atoms with Crippen LogP contribution in [0.4, 0.5) is 5.69 Å². The molecule has 1 heterocycles. The average molecular weight is 260 g/mol. The highest BCUT2D eigenvalue weighted by Crippen LogP contribution is 2.29. The Morgan fingerprint density at radius 3 is 2.74 bits per heavy atom. The van der Waals surface area contributed by atoms with Crippen molar-refractivity contribution < 1.29 is 4.79 Å². The standard InChI is InChI=1S/C16H24N2O/c1-12-9-13-7-5-6-8-14(13)18(11-12)15(19)10-17-16(2,3)4/h5-8,12,17H,9-11H2,1-4H3. The van der Waals surface area contributed by atoms with Crippen molar-refractivity contribution in [2.45, 2.75) is 39.7 Å². The van der Waals surface area contributed by atoms with Crippen LogP contribution in [0.3, 0.4) is 0 Å². The molecule has 104 valence electrons. The third-order valence-corrected chi connectivity index (χ3v) is 3.42. The minimum atomic E-state index is -0.0312. The number of carbonyl (C=O) groups excluding carboxylic acids is 1. The van der Waals surface area contributed by atoms with Crippen LogP contribution in [-0.4, -0.2) is 24.5 Å². The van der Waals surface area contributed by atoms with Crippen LogP contribution in [0.5, 0.6) is 0 Å². The molecule has 0 saturated carbocycles. The van der Waals surface area contributed by atoms with Gasteiger partial charge in [-0.05, 0) is 44.7 Å². The molecule has 1 aromatic rings. The molecule has 1 aliphatic rings. The molecule has 0 aromatic heterocycles. The van der Waals surface area contributed by atoms with Crippen molar-refractivity contribution in [3.63, 3.8) is 0 Å². The molecule has 1 aliphatic heterocycles. The number of carbonyl (C=O) groups is 1. The SMILES string of the molecule is CC1Cc2ccccc2N(C(=O)CNC(C)(C)C)C1. The topological polar surface area (TPSA) is 32.3 Å². The van der Waals surface area contributed by atoms with Crippen LogP contribution in [0.25, 0.3) is 0 Å². The number of para-hydroxylation sites is 1. The molecule has 0 aliphatic carbocycles. The van der Waals surface area contributed by atoms with Crippen LogP contribution < -0.4 is 10.2 Å². The molecular weight excluding hydrogens is 236 g/mol. The lowest BCUT2D eigenvalue weighted by Gasteiger charge is -2.34. The highest BCUT2D eigenvalue weighted by Gasteiger charge is 2.26. The van der Waals surface area contributed by atoms with Crippen molar-refractivity contribution in [3.05, 3.63) is 29.8 Å². The van der Waals surface area contributed by atoms with Crippen molar-refractivity contribution in [1.82, 2.24) is 5.32 Å². The van der Waals surface area contributed by atoms with Gasteiger partial charge in [-0.3, -0.25) is 4.79 Å². The van der Waals surface area contributed by atoms with Gasteiger partial charge in [0, 0.05) is 17.8 Å². The fourth-order valence-corrected chi connectivity index (χ4v) is 2.47. The fourth-order valence-electron chi connectivity index (χ4n) is 2.47. The molecule has 19 heavy (non-hydrogen) atoms. The van der Waals surface area contributed by atoms with E-state index in [-0.39, 0.29) is 11.4 Å². The van der Waals surface area contributed by atoms with E-state index in [1.54, 1.807) is 0 Å². The van der Waals surface area contributed by atoms with E-state index in [1.807, 2.05) is 17.0 Å². The van der Waals surface area contributed by atoms with Crippen LogP contribution in [0, 0.1) is 5.92 Å². The van der Waals surface area contributed by atoms with Crippen molar-refractivity contribution in [2.24, 2.45) is 5.92 Å². The van der Waals surface area contributed by atoms with Crippen LogP contribution in [0.1, 0.15) is 33.3 Å². The summed E-state index contributed by atoms with van der Waals surface area (Å²) in [5, 5.41) is 3.27. The van der Waals surface area contributed by atoms with Gasteiger partial charge in [0.2, 0.25) is 5.91 Å². The molecule has 1 N–H and O–H groups in total. The molecule has 0 bridgehead atoms. The number of nitrogens with zero attached hydrogens (tertiary/aromatic N) is 1. The van der Waals surface area contributed by atoms with E-state index in [0.29, 0.717) is 12.5 Å². The molecular formula is C16H24N2O. The maximum Gasteiger partial charge on any atom is 0.240 e. The maximum absolute atomic E-state index is 12.4. The molecule has 1 atom stereocenters. The molecule has 3 heteroatoms. The number of fused-ring (bicyclic) bond motifs is 1. The molecule has 0 fully saturated rings. The lowest BCUT2D eigenvalue weighted by Crippen LogP contribution is -2.47. The summed E-state index contributed by atoms with van der Waals surface area (Å²) in [5.74, 6) is 0.683. The summed E-state index contributed by atoms with van der Waals surface area (Å²) >= 11 is 0. The molecule has 3 nitrogen and oxygen atoms in total. The number of benzene rings is 1. The van der Waals surface area contributed by atoms with Crippen LogP contribution in [0.2, 0.25) is 0 Å². The number of hydrogen-bond donors (Lipinski definition) is 1. The summed E-state index contributed by atoms with van der Waals surface area (Å²) in [5.41, 5.74) is 2.34. The van der Waals surface area contributed by atoms with Gasteiger partial charge in [-0.1, -0.05) is 25.1 Å². The summed E-state index contributed by atoms with van der Waals surface area (Å²) in [6.07, 6.45) is 1.06. The maximum atomic E-state index is 12.4. The van der Waals surface area contributed by atoms with E-state index >= 15 is 0 Å². The Hall–Kier alpha value is -1.35. The smallest absolute Gasteiger partial charge is 0.240 e. The first-order valence-electron chi connectivity index (χ1n) is 7.00. The van der Waals surface area contributed by atoms with Gasteiger partial charge in [0.05, 0.1) is 6.54 Å². The summed E-state index contributed by atoms with van der Waals surface area (Å²) in [4.78, 5) is 14.3. The van der Waals surface area contributed by atoms with Gasteiger partial charge in [0.25, 0.3) is 0 Å². The van der Waals surface area contributed by atoms with Gasteiger partial charge >= 0.3 is 0 Å². The van der Waals surface area contributed by atoms with E-state index in [2.05, 4.69) is 45.1 Å². The van der Waals surface area contributed by atoms with E-state index < -0.39 is 0 Å². The van der Waals surface area contributed by atoms with E-state index in [9.17, 15) is 4.79 Å². The molecule has 0 spiro atoms. The summed E-state index contributed by atoms with van der Waals surface area (Å²) in [6, 6.07) is 8.23. The molecule has 0 saturated heterocycles. The van der Waals surface area contributed by atoms with E-state index in [4.69, 9.17) is 0 Å². The van der Waals surface area contributed by atoms with Crippen molar-refractivity contribution >= 4 is 11.6 Å². The number of rotatable bonds is 2. The molecule has 0 radical (unpaired) electrons. The second-order valence-electron chi connectivity index (χ2n) is 6.55. The second-order valence-corrected chi connectivity index (χ2v) is 6.55. The number of anilines is 1. The van der Waals surface area contributed by atoms with Crippen molar-refractivity contribution in [1.29, 1.82) is 0 Å². The Morgan fingerprint density at radius 1 is 1.37 bits per heavy atom. The van der Waals surface area contributed by atoms with Crippen LogP contribution in [0.15, 0.2) is 24.3 Å². The Balaban J connectivity index is 2.14. The van der Waals surface area contributed by atoms with Gasteiger partial charge in [-0.2, -0.15) is 0 Å². The largest absolute Gasteiger partial charge is 0.311 e. The molecule has 2 rings (SSSR count). The third kappa shape index (κ3) is 3.57. The summed E-state index contributed by atoms with van der Waals surface area (Å²) in [7, 11) is 0. The minimum Gasteiger partial charge on any atom is -0.311 e. The summed E-state index contributed by atoms with van der Waals surface area (Å²) in [6.45, 7) is 9.65. The Morgan fingerprint density at radius 2 is 2.05 bits per heavy atom. The monoisotopic (exact) mass is 260 g/mol. The fraction of sp³-hybridized carbons (Fsp3) is 0.562. The minimum absolute atomic E-state index is 0.0312. The highest BCUT2D eigenvalue weighted by molar-refractivity contribution is 5.96. The lowest BCUT2D eigenvalue weighted by atomic mass is 9.94. The zero-order chi connectivity index (χ0) is 14.0. The first-order chi connectivity index (χ1) is 8.87. The zero-order valence-corrected chi connectivity index (χ0v) is 12.4. The van der Waals surface area contributed by atoms with Gasteiger partial charge in [-0.25, -0.2) is 0 Å². The van der Waals surface area contributed by atoms with Gasteiger partial charge in [-0.15, -0.1) is 0 Å². The van der Waals surface area contributed by atoms with Gasteiger partial charge < -0.3 is 10.2 Å². The van der Waals surface area contributed by atoms with E-state index in [0.717, 1.165) is 18.7 Å². The Kier molecular flexibility index (Phi) is 3.95. The van der Waals surface area contributed by atoms with Crippen LogP contribution >= 0.6 is 0 Å². The molecule has 1 amide bonds. The van der Waals surface area contributed by atoms with Crippen LogP contribution in [-0.2, 0) is 11.2 Å². The Labute approximate surface area is 116 Å². The quantitative estimate of drug-likeness (QED) is 0.886. The zero-order valence-electron chi connectivity index (χ0n) is 12.4. The molecule has 1 aromatic carbocycles. The predicted molar refractivity (Wildman–Crippen MR) is 79.4 cm³/mol. The first-order valence-corrected chi connectivity index (χ1v) is 7.00. The lowest BCUT2D eigenvalue weighted by molar-refractivity contribution is -0.118. The second kappa shape index (κ2) is 5.33. The van der Waals surface area contributed by atoms with Gasteiger partial charge in [0.15, 0.2) is 0 Å². The highest BCUT2D eigenvalue weighted by atomic mass is 16.2. The van der Waals surface area contributed by atoms with Crippen molar-refractivity contribution in [3.8, 4) is 0 Å². The van der Waals surface area contributed by atoms with E-state index in [1.165, 1.54) is 5.56 Å². The number of amides is 1. The number of hydrogen-bond acceptors (Lipinski definition) is 2. The van der Waals surface area contributed by atoms with Gasteiger partial charge in [0.1, 0.15) is 0 Å². The van der Waals surface area contributed by atoms with Crippen molar-refractivity contribution in [2.75, 3.05) is 18.0 Å². The average Bonchev–Trinajstić information content (AvgIpc) is 2.34. The Bertz CT molecular complexity index is 462. The third-order valence-electron chi connectivity index (χ3n) is 3.42.